The molecule has 0 aromatic heterocycles. The third-order valence-corrected chi connectivity index (χ3v) is 20.5. The molecule has 10 rings (SSSR count). The van der Waals surface area contributed by atoms with Crippen molar-refractivity contribution in [1.82, 2.24) is 0 Å². The van der Waals surface area contributed by atoms with Crippen LogP contribution in [-0.4, -0.2) is 384 Å². The molecular formula is C70H110O35. The number of hydrogen-bond acceptors (Lipinski definition) is 35. The molecule has 0 aliphatic carbocycles. The van der Waals surface area contributed by atoms with E-state index in [0.29, 0.717) is 12.2 Å². The standard InChI is InChI=1S/C70H110O35/c1-33-47(80-5)55(81-6)54(41(92-33)31-90-27-34-21-17-15-18-22-34)105-70-63(89-14)59(85-10)53(40(98-70)30-79-4)104-69-62(88-13)58(84-9)52(39(97-69)29-78-3)103-68-61(87-12)57(83-8)51(38(96-68)28-77-2)102-67-60(86-11)56(82-7)50(37(26-72)94-67)101-65-45(75)43(73)48(36(25-71)93-65)100-66-46(76)44(74)49-42(95-66)32-91-64(99-49)35-23-19-16-20-24-35/h15-24,33,36-76H,25-32H2,1-14H3/t33-,36-,37?,38?,39-,40-,41?,42-,43?,44?,45?,46?,47?,48+,49?,50+,51+,52+,53+,54+,55+,56-,57-,58?,59?,60?,61?,62?,63?,64?,65-,66+,67+,68-,69+,70-/m0/s1. The minimum absolute atomic E-state index is 0.0142. The molecule has 2 aromatic rings. The summed E-state index contributed by atoms with van der Waals surface area (Å²) in [7, 11) is 19.2. The molecule has 2 aromatic carbocycles. The summed E-state index contributed by atoms with van der Waals surface area (Å²) >= 11 is 0. The van der Waals surface area contributed by atoms with Crippen LogP contribution >= 0.6 is 0 Å². The number of fused-ring (bicyclic) bond motifs is 1. The average molecular weight is 1510 g/mol. The second-order valence-corrected chi connectivity index (χ2v) is 26.6. The van der Waals surface area contributed by atoms with Gasteiger partial charge in [0.15, 0.2) is 44.0 Å². The van der Waals surface area contributed by atoms with Gasteiger partial charge in [-0.05, 0) is 12.5 Å². The number of benzene rings is 2. The summed E-state index contributed by atoms with van der Waals surface area (Å²) < 4.78 is 182. The second kappa shape index (κ2) is 40.5. The lowest BCUT2D eigenvalue weighted by Gasteiger charge is -2.52. The maximum absolute atomic E-state index is 11.7. The Bertz CT molecular complexity index is 2780. The first kappa shape index (κ1) is 84.5. The topological polar surface area (TPSA) is 389 Å². The van der Waals surface area contributed by atoms with Gasteiger partial charge in [0.25, 0.3) is 0 Å². The molecule has 8 heterocycles. The molecule has 0 bridgehead atoms. The fraction of sp³-hybridized carbons (Fsp3) is 0.829. The first-order chi connectivity index (χ1) is 51.0. The summed E-state index contributed by atoms with van der Waals surface area (Å²) in [5.41, 5.74) is 1.67. The summed E-state index contributed by atoms with van der Waals surface area (Å²) in [4.78, 5) is 0. The molecule has 8 fully saturated rings. The average Bonchev–Trinajstić information content (AvgIpc) is 0.769. The third-order valence-electron chi connectivity index (χ3n) is 20.5. The molecule has 0 saturated carbocycles. The Hall–Kier alpha value is -2.96. The molecule has 0 spiro atoms. The molecular weight excluding hydrogens is 1400 g/mol. The number of aliphatic hydroxyl groups is 6. The van der Waals surface area contributed by atoms with Crippen molar-refractivity contribution < 1.29 is 168 Å². The van der Waals surface area contributed by atoms with Crippen LogP contribution in [0.1, 0.15) is 24.3 Å². The molecule has 105 heavy (non-hydrogen) atoms. The summed E-state index contributed by atoms with van der Waals surface area (Å²) in [5.74, 6) is 0. The van der Waals surface area contributed by atoms with Gasteiger partial charge in [-0.3, -0.25) is 0 Å². The third kappa shape index (κ3) is 18.9. The zero-order valence-corrected chi connectivity index (χ0v) is 61.7. The van der Waals surface area contributed by atoms with Gasteiger partial charge in [0, 0.05) is 98.0 Å². The Morgan fingerprint density at radius 1 is 0.333 bits per heavy atom. The Balaban J connectivity index is 0.807. The summed E-state index contributed by atoms with van der Waals surface area (Å²) in [5, 5.41) is 67.7. The van der Waals surface area contributed by atoms with Crippen molar-refractivity contribution in [2.75, 3.05) is 139 Å². The fourth-order valence-corrected chi connectivity index (χ4v) is 15.3. The van der Waals surface area contributed by atoms with E-state index in [1.54, 1.807) is 38.5 Å². The van der Waals surface area contributed by atoms with Gasteiger partial charge in [0.2, 0.25) is 0 Å². The van der Waals surface area contributed by atoms with Crippen molar-refractivity contribution in [3.05, 3.63) is 71.8 Å². The smallest absolute Gasteiger partial charge is 0.187 e. The lowest BCUT2D eigenvalue weighted by atomic mass is 9.94. The van der Waals surface area contributed by atoms with Crippen molar-refractivity contribution in [3.8, 4) is 0 Å². The largest absolute Gasteiger partial charge is 0.394 e. The Kier molecular flexibility index (Phi) is 32.6. The van der Waals surface area contributed by atoms with Crippen molar-refractivity contribution in [1.29, 1.82) is 0 Å². The van der Waals surface area contributed by atoms with Crippen LogP contribution in [0.3, 0.4) is 0 Å². The molecule has 16 unspecified atom stereocenters. The predicted molar refractivity (Wildman–Crippen MR) is 353 cm³/mol. The van der Waals surface area contributed by atoms with Crippen LogP contribution < -0.4 is 0 Å². The molecule has 0 radical (unpaired) electrons. The number of ether oxygens (including phenoxy) is 29. The van der Waals surface area contributed by atoms with E-state index in [9.17, 15) is 30.6 Å². The van der Waals surface area contributed by atoms with E-state index in [4.69, 9.17) is 137 Å². The SMILES string of the molecule is COCC1O[C@@H](O[C@H]2C(OC)C(OC)[C@@H](O[C@H]3C(OC)C(OC)[C@H](O[C@@H]4C(COCc5ccccc5)O[C@@H](C)C(OC)[C@H]4OC)O[C@H]3COC)O[C@H]2COC)C(OC)[C@@H](OC)[C@@H]1O[C@H]1OC(CO)[C@@H](O[C@@H]2O[C@@H](CO)[C@@H](O[C@H]3O[C@H]4COC(c5ccccc5)OC4C(O)C3O)C(O)C2O)[C@H](OC)C1OC. The highest BCUT2D eigenvalue weighted by molar-refractivity contribution is 5.17. The van der Waals surface area contributed by atoms with Gasteiger partial charge in [0.1, 0.15) is 171 Å². The predicted octanol–water partition coefficient (Wildman–Crippen LogP) is -1.72. The van der Waals surface area contributed by atoms with E-state index in [-0.39, 0.29) is 33.0 Å². The van der Waals surface area contributed by atoms with Crippen LogP contribution in [0.25, 0.3) is 0 Å². The van der Waals surface area contributed by atoms with Crippen LogP contribution in [0.2, 0.25) is 0 Å². The lowest BCUT2D eigenvalue weighted by molar-refractivity contribution is -0.404. The van der Waals surface area contributed by atoms with Crippen molar-refractivity contribution in [2.24, 2.45) is 0 Å². The van der Waals surface area contributed by atoms with E-state index in [1.165, 1.54) is 78.2 Å². The highest BCUT2D eigenvalue weighted by Crippen LogP contribution is 2.42. The number of methoxy groups -OCH3 is 13. The molecule has 35 nitrogen and oxygen atoms in total. The first-order valence-electron chi connectivity index (χ1n) is 35.1. The number of rotatable bonds is 35. The van der Waals surface area contributed by atoms with Gasteiger partial charge in [-0.25, -0.2) is 0 Å². The van der Waals surface area contributed by atoms with Gasteiger partial charge >= 0.3 is 0 Å². The number of aliphatic hydroxyl groups excluding tert-OH is 6. The van der Waals surface area contributed by atoms with Gasteiger partial charge in [-0.2, -0.15) is 0 Å². The van der Waals surface area contributed by atoms with E-state index >= 15 is 0 Å². The minimum Gasteiger partial charge on any atom is -0.394 e. The minimum atomic E-state index is -1.92. The highest BCUT2D eigenvalue weighted by Gasteiger charge is 2.61. The molecule has 36 atom stereocenters. The van der Waals surface area contributed by atoms with Crippen molar-refractivity contribution in [2.45, 2.75) is 235 Å². The maximum atomic E-state index is 11.7. The van der Waals surface area contributed by atoms with Gasteiger partial charge < -0.3 is 168 Å². The molecule has 600 valence electrons. The van der Waals surface area contributed by atoms with Crippen molar-refractivity contribution in [3.63, 3.8) is 0 Å². The Morgan fingerprint density at radius 2 is 0.676 bits per heavy atom. The molecule has 8 aliphatic heterocycles. The molecule has 0 amide bonds. The molecule has 35 heteroatoms. The first-order valence-corrected chi connectivity index (χ1v) is 35.1. The zero-order chi connectivity index (χ0) is 75.2. The molecule has 6 N–H and O–H groups in total. The monoisotopic (exact) mass is 1510 g/mol. The molecule has 8 aliphatic rings. The number of hydrogen-bond donors (Lipinski definition) is 6. The van der Waals surface area contributed by atoms with E-state index < -0.39 is 234 Å². The maximum Gasteiger partial charge on any atom is 0.187 e. The van der Waals surface area contributed by atoms with Crippen LogP contribution in [0, 0.1) is 0 Å². The summed E-state index contributed by atoms with van der Waals surface area (Å²) in [6, 6.07) is 18.8. The Labute approximate surface area is 611 Å². The molecule has 8 saturated heterocycles. The quantitative estimate of drug-likeness (QED) is 0.0447. The van der Waals surface area contributed by atoms with Gasteiger partial charge in [0.05, 0.1) is 59.0 Å². The van der Waals surface area contributed by atoms with Crippen molar-refractivity contribution >= 4 is 0 Å². The summed E-state index contributed by atoms with van der Waals surface area (Å²) in [6.45, 7) is 0.554. The van der Waals surface area contributed by atoms with Crippen LogP contribution in [-0.2, 0) is 144 Å². The highest BCUT2D eigenvalue weighted by atomic mass is 16.8. The lowest BCUT2D eigenvalue weighted by Crippen LogP contribution is -2.69. The van der Waals surface area contributed by atoms with E-state index in [0.717, 1.165) is 5.56 Å². The van der Waals surface area contributed by atoms with Crippen LogP contribution in [0.4, 0.5) is 0 Å². The van der Waals surface area contributed by atoms with Crippen LogP contribution in [0.5, 0.6) is 0 Å². The Morgan fingerprint density at radius 3 is 1.10 bits per heavy atom. The van der Waals surface area contributed by atoms with Gasteiger partial charge in [-0.15, -0.1) is 0 Å². The fourth-order valence-electron chi connectivity index (χ4n) is 15.3. The van der Waals surface area contributed by atoms with E-state index in [1.807, 2.05) is 43.3 Å². The second-order valence-electron chi connectivity index (χ2n) is 26.6. The van der Waals surface area contributed by atoms with Gasteiger partial charge in [-0.1, -0.05) is 60.7 Å². The van der Waals surface area contributed by atoms with E-state index in [2.05, 4.69) is 0 Å². The summed E-state index contributed by atoms with van der Waals surface area (Å²) in [6.07, 6.45) is -41.5. The zero-order valence-electron chi connectivity index (χ0n) is 61.7. The normalized spacial score (nSPS) is 44.1. The van der Waals surface area contributed by atoms with Crippen LogP contribution in [0.15, 0.2) is 60.7 Å².